The van der Waals surface area contributed by atoms with Gasteiger partial charge >= 0.3 is 0 Å². The van der Waals surface area contributed by atoms with Gasteiger partial charge in [0.05, 0.1) is 0 Å². The van der Waals surface area contributed by atoms with Crippen molar-refractivity contribution in [2.45, 2.75) is 0 Å². The van der Waals surface area contributed by atoms with Gasteiger partial charge in [-0.05, 0) is 107 Å². The van der Waals surface area contributed by atoms with Gasteiger partial charge in [0.25, 0.3) is 0 Å². The molecule has 0 saturated carbocycles. The molecule has 0 aliphatic heterocycles. The zero-order valence-electron chi connectivity index (χ0n) is 29.1. The first-order chi connectivity index (χ1) is 26.8. The van der Waals surface area contributed by atoms with Crippen LogP contribution in [0.1, 0.15) is 0 Å². The van der Waals surface area contributed by atoms with E-state index in [4.69, 9.17) is 0 Å². The van der Waals surface area contributed by atoms with Gasteiger partial charge in [0.15, 0.2) is 0 Å². The topological polar surface area (TPSA) is 0 Å². The number of fused-ring (bicyclic) bond motifs is 11. The molecule has 0 fully saturated rings. The molecule has 0 aliphatic rings. The van der Waals surface area contributed by atoms with Crippen molar-refractivity contribution in [2.75, 3.05) is 0 Å². The highest BCUT2D eigenvalue weighted by Crippen LogP contribution is 2.47. The lowest BCUT2D eigenvalue weighted by molar-refractivity contribution is 1.63. The van der Waals surface area contributed by atoms with Crippen LogP contribution in [-0.4, -0.2) is 0 Å². The predicted octanol–water partition coefficient (Wildman–Crippen LogP) is 16.0. The van der Waals surface area contributed by atoms with E-state index in [1.807, 2.05) is 22.7 Å². The quantitative estimate of drug-likeness (QED) is 0.160. The first kappa shape index (κ1) is 30.2. The van der Waals surface area contributed by atoms with Crippen LogP contribution in [0.3, 0.4) is 0 Å². The molecule has 2 heterocycles. The van der Waals surface area contributed by atoms with Crippen LogP contribution in [0, 0.1) is 0 Å². The van der Waals surface area contributed by atoms with Gasteiger partial charge in [-0.3, -0.25) is 0 Å². The van der Waals surface area contributed by atoms with Gasteiger partial charge in [0.2, 0.25) is 0 Å². The van der Waals surface area contributed by atoms with Gasteiger partial charge in [0, 0.05) is 45.7 Å². The maximum Gasteiger partial charge on any atom is 0.0434 e. The Labute approximate surface area is 319 Å². The SMILES string of the molecule is c1cc(-c2ccc3sc4c5cc6c(cc5ccc4c3c2)sc2ccccc26)cc(-c2c3ccccc3c(-c3cccc4ccccc34)c3ccccc23)c1. The molecule has 0 atom stereocenters. The van der Waals surface area contributed by atoms with Crippen molar-refractivity contribution >= 4 is 106 Å². The molecule has 0 aliphatic carbocycles. The molecule has 0 saturated heterocycles. The molecule has 0 bridgehead atoms. The number of hydrogen-bond acceptors (Lipinski definition) is 2. The average Bonchev–Trinajstić information content (AvgIpc) is 3.79. The van der Waals surface area contributed by atoms with Crippen molar-refractivity contribution in [3.05, 3.63) is 182 Å². The zero-order chi connectivity index (χ0) is 35.3. The summed E-state index contributed by atoms with van der Waals surface area (Å²) in [6, 6.07) is 67.9. The predicted molar refractivity (Wildman–Crippen MR) is 239 cm³/mol. The summed E-state index contributed by atoms with van der Waals surface area (Å²) in [5, 5.41) is 15.7. The summed E-state index contributed by atoms with van der Waals surface area (Å²) >= 11 is 3.81. The van der Waals surface area contributed by atoms with Gasteiger partial charge < -0.3 is 0 Å². The van der Waals surface area contributed by atoms with Gasteiger partial charge in [-0.15, -0.1) is 22.7 Å². The van der Waals surface area contributed by atoms with Gasteiger partial charge in [-0.2, -0.15) is 0 Å². The van der Waals surface area contributed by atoms with Gasteiger partial charge in [-0.25, -0.2) is 0 Å². The van der Waals surface area contributed by atoms with Crippen LogP contribution in [0.5, 0.6) is 0 Å². The number of hydrogen-bond donors (Lipinski definition) is 0. The maximum atomic E-state index is 2.44. The van der Waals surface area contributed by atoms with Crippen molar-refractivity contribution in [1.82, 2.24) is 0 Å². The van der Waals surface area contributed by atoms with E-state index in [0.29, 0.717) is 0 Å². The summed E-state index contributed by atoms with van der Waals surface area (Å²) in [4.78, 5) is 0. The first-order valence-electron chi connectivity index (χ1n) is 18.5. The third-order valence-corrected chi connectivity index (χ3v) is 13.8. The molecule has 10 aromatic carbocycles. The van der Waals surface area contributed by atoms with E-state index in [9.17, 15) is 0 Å². The number of thiophene rings is 2. The summed E-state index contributed by atoms with van der Waals surface area (Å²) in [6.07, 6.45) is 0. The lowest BCUT2D eigenvalue weighted by Gasteiger charge is -2.19. The number of benzene rings is 10. The van der Waals surface area contributed by atoms with Crippen molar-refractivity contribution in [2.24, 2.45) is 0 Å². The smallest absolute Gasteiger partial charge is 0.0434 e. The highest BCUT2D eigenvalue weighted by molar-refractivity contribution is 7.27. The minimum Gasteiger partial charge on any atom is -0.135 e. The van der Waals surface area contributed by atoms with Crippen LogP contribution in [0.2, 0.25) is 0 Å². The van der Waals surface area contributed by atoms with Gasteiger partial charge in [0.1, 0.15) is 0 Å². The fraction of sp³-hybridized carbons (Fsp3) is 0. The fourth-order valence-electron chi connectivity index (χ4n) is 8.98. The molecule has 0 spiro atoms. The van der Waals surface area contributed by atoms with Crippen LogP contribution in [0.4, 0.5) is 0 Å². The van der Waals surface area contributed by atoms with Crippen LogP contribution in [-0.2, 0) is 0 Å². The number of rotatable bonds is 3. The zero-order valence-corrected chi connectivity index (χ0v) is 30.8. The molecular weight excluding hydrogens is 689 g/mol. The fourth-order valence-corrected chi connectivity index (χ4v) is 11.3. The lowest BCUT2D eigenvalue weighted by atomic mass is 9.84. The Kier molecular flexibility index (Phi) is 6.48. The minimum absolute atomic E-state index is 1.23. The van der Waals surface area contributed by atoms with E-state index in [1.54, 1.807) is 0 Å². The van der Waals surface area contributed by atoms with Crippen LogP contribution in [0.25, 0.3) is 117 Å². The van der Waals surface area contributed by atoms with Crippen LogP contribution >= 0.6 is 22.7 Å². The minimum atomic E-state index is 1.23. The third kappa shape index (κ3) is 4.42. The Morgan fingerprint density at radius 3 is 1.69 bits per heavy atom. The standard InChI is InChI=1S/C52H30S2/c1-2-15-36-31(11-1)12-10-21-38(36)51-41-19-5-3-17-39(41)50(40-18-4-6-20-42(40)51)35-14-9-13-32(27-35)33-24-26-48-45(28-33)43-25-23-34-29-49-46(30-44(34)52(43)54-48)37-16-7-8-22-47(37)53-49/h1-30H. The summed E-state index contributed by atoms with van der Waals surface area (Å²) < 4.78 is 5.41. The summed E-state index contributed by atoms with van der Waals surface area (Å²) in [6.45, 7) is 0. The Balaban J connectivity index is 1.04. The maximum absolute atomic E-state index is 2.44. The van der Waals surface area contributed by atoms with E-state index in [0.717, 1.165) is 0 Å². The van der Waals surface area contributed by atoms with E-state index in [1.165, 1.54) is 117 Å². The second-order valence-electron chi connectivity index (χ2n) is 14.4. The Morgan fingerprint density at radius 1 is 0.259 bits per heavy atom. The van der Waals surface area contributed by atoms with E-state index < -0.39 is 0 Å². The molecule has 12 aromatic rings. The molecule has 0 N–H and O–H groups in total. The van der Waals surface area contributed by atoms with E-state index in [2.05, 4.69) is 182 Å². The molecule has 250 valence electrons. The second-order valence-corrected chi connectivity index (χ2v) is 16.5. The van der Waals surface area contributed by atoms with Crippen LogP contribution < -0.4 is 0 Å². The van der Waals surface area contributed by atoms with Crippen molar-refractivity contribution < 1.29 is 0 Å². The molecule has 0 unspecified atom stereocenters. The van der Waals surface area contributed by atoms with E-state index >= 15 is 0 Å². The third-order valence-electron chi connectivity index (χ3n) is 11.4. The molecule has 0 amide bonds. The lowest BCUT2D eigenvalue weighted by Crippen LogP contribution is -1.92. The summed E-state index contributed by atoms with van der Waals surface area (Å²) in [7, 11) is 0. The molecule has 54 heavy (non-hydrogen) atoms. The molecule has 0 nitrogen and oxygen atoms in total. The molecule has 0 radical (unpaired) electrons. The molecule has 2 aromatic heterocycles. The Bertz CT molecular complexity index is 3440. The normalized spacial score (nSPS) is 12.1. The highest BCUT2D eigenvalue weighted by Gasteiger charge is 2.19. The highest BCUT2D eigenvalue weighted by atomic mass is 32.1. The van der Waals surface area contributed by atoms with Gasteiger partial charge in [-0.1, -0.05) is 146 Å². The molecule has 12 rings (SSSR count). The second kappa shape index (κ2) is 11.6. The average molecular weight is 719 g/mol. The van der Waals surface area contributed by atoms with Crippen LogP contribution in [0.15, 0.2) is 182 Å². The molecular formula is C52H30S2. The van der Waals surface area contributed by atoms with E-state index in [-0.39, 0.29) is 0 Å². The first-order valence-corrected chi connectivity index (χ1v) is 20.1. The Hall–Kier alpha value is -6.32. The largest absolute Gasteiger partial charge is 0.135 e. The summed E-state index contributed by atoms with van der Waals surface area (Å²) in [5.74, 6) is 0. The monoisotopic (exact) mass is 718 g/mol. The molecule has 2 heteroatoms. The van der Waals surface area contributed by atoms with Crippen molar-refractivity contribution in [3.8, 4) is 33.4 Å². The van der Waals surface area contributed by atoms with Crippen molar-refractivity contribution in [3.63, 3.8) is 0 Å². The Morgan fingerprint density at radius 2 is 0.870 bits per heavy atom. The van der Waals surface area contributed by atoms with Crippen molar-refractivity contribution in [1.29, 1.82) is 0 Å². The summed E-state index contributed by atoms with van der Waals surface area (Å²) in [5.41, 5.74) is 7.56.